The number of carbonyl (C=O) groups excluding carboxylic acids is 1. The Kier molecular flexibility index (Phi) is 2.55. The van der Waals surface area contributed by atoms with Crippen molar-refractivity contribution in [2.24, 2.45) is 0 Å². The normalized spacial score (nSPS) is 11.3. The van der Waals surface area contributed by atoms with E-state index in [-0.39, 0.29) is 5.78 Å². The van der Waals surface area contributed by atoms with Crippen LogP contribution in [0.3, 0.4) is 0 Å². The molecule has 0 saturated carbocycles. The highest BCUT2D eigenvalue weighted by Gasteiger charge is 2.07. The molecule has 0 amide bonds. The Morgan fingerprint density at radius 1 is 0.667 bits per heavy atom. The second kappa shape index (κ2) is 4.42. The lowest BCUT2D eigenvalue weighted by molar-refractivity contribution is 0.101. The maximum atomic E-state index is 11.8. The molecule has 0 atom stereocenters. The van der Waals surface area contributed by atoms with Crippen LogP contribution in [0.2, 0.25) is 0 Å². The third kappa shape index (κ3) is 1.90. The van der Waals surface area contributed by atoms with E-state index in [1.165, 1.54) is 21.5 Å². The third-order valence-electron chi connectivity index (χ3n) is 4.08. The molecule has 0 spiro atoms. The van der Waals surface area contributed by atoms with E-state index in [0.29, 0.717) is 0 Å². The topological polar surface area (TPSA) is 17.1 Å². The first kappa shape index (κ1) is 12.1. The molecule has 0 heterocycles. The lowest BCUT2D eigenvalue weighted by Crippen LogP contribution is -1.93. The monoisotopic (exact) mass is 270 g/mol. The Bertz CT molecular complexity index is 1010. The predicted octanol–water partition coefficient (Wildman–Crippen LogP) is 5.35. The van der Waals surface area contributed by atoms with Gasteiger partial charge < -0.3 is 0 Å². The zero-order valence-electron chi connectivity index (χ0n) is 11.8. The summed E-state index contributed by atoms with van der Waals surface area (Å²) in [6.07, 6.45) is 0. The minimum atomic E-state index is 0.112. The molecule has 1 nitrogen and oxygen atoms in total. The molecule has 4 aromatic carbocycles. The smallest absolute Gasteiger partial charge is 0.160 e. The Hall–Kier alpha value is -2.67. The number of hydrogen-bond donors (Lipinski definition) is 0. The van der Waals surface area contributed by atoms with Crippen LogP contribution in [0.25, 0.3) is 32.3 Å². The van der Waals surface area contributed by atoms with Gasteiger partial charge in [0.2, 0.25) is 0 Å². The molecule has 4 aromatic rings. The summed E-state index contributed by atoms with van der Waals surface area (Å²) in [5.41, 5.74) is 0.794. The molecule has 0 aliphatic rings. The Labute approximate surface area is 122 Å². The van der Waals surface area contributed by atoms with E-state index in [2.05, 4.69) is 54.6 Å². The minimum absolute atomic E-state index is 0.112. The summed E-state index contributed by atoms with van der Waals surface area (Å²) in [6, 6.07) is 23.0. The molecular formula is C20H14O. The highest BCUT2D eigenvalue weighted by Crippen LogP contribution is 2.29. The van der Waals surface area contributed by atoms with Gasteiger partial charge in [0.05, 0.1) is 0 Å². The Balaban J connectivity index is 2.15. The predicted molar refractivity (Wildman–Crippen MR) is 89.0 cm³/mol. The van der Waals surface area contributed by atoms with E-state index in [4.69, 9.17) is 0 Å². The molecule has 0 saturated heterocycles. The number of ketones is 1. The van der Waals surface area contributed by atoms with Gasteiger partial charge in [0.1, 0.15) is 0 Å². The van der Waals surface area contributed by atoms with Gasteiger partial charge in [0.25, 0.3) is 0 Å². The summed E-state index contributed by atoms with van der Waals surface area (Å²) in [5, 5.41) is 7.01. The van der Waals surface area contributed by atoms with Crippen LogP contribution in [-0.4, -0.2) is 5.78 Å². The molecule has 0 unspecified atom stereocenters. The molecule has 0 bridgehead atoms. The van der Waals surface area contributed by atoms with Crippen LogP contribution in [0, 0.1) is 0 Å². The first-order valence-electron chi connectivity index (χ1n) is 7.08. The van der Waals surface area contributed by atoms with Gasteiger partial charge in [-0.05, 0) is 63.5 Å². The van der Waals surface area contributed by atoms with E-state index in [1.807, 2.05) is 12.1 Å². The molecular weight excluding hydrogens is 256 g/mol. The first-order valence-corrected chi connectivity index (χ1v) is 7.08. The number of fused-ring (bicyclic) bond motifs is 3. The van der Waals surface area contributed by atoms with E-state index in [9.17, 15) is 4.79 Å². The van der Waals surface area contributed by atoms with Crippen LogP contribution in [0.4, 0.5) is 0 Å². The van der Waals surface area contributed by atoms with Crippen molar-refractivity contribution in [2.45, 2.75) is 6.92 Å². The highest BCUT2D eigenvalue weighted by molar-refractivity contribution is 6.12. The SMILES string of the molecule is CC(=O)c1cccc2cc3cc4ccccc4cc3cc12. The van der Waals surface area contributed by atoms with E-state index < -0.39 is 0 Å². The van der Waals surface area contributed by atoms with Crippen LogP contribution >= 0.6 is 0 Å². The van der Waals surface area contributed by atoms with Gasteiger partial charge in [-0.25, -0.2) is 0 Å². The lowest BCUT2D eigenvalue weighted by atomic mass is 9.96. The summed E-state index contributed by atoms with van der Waals surface area (Å²) in [7, 11) is 0. The van der Waals surface area contributed by atoms with E-state index in [1.54, 1.807) is 6.92 Å². The largest absolute Gasteiger partial charge is 0.294 e. The standard InChI is InChI=1S/C20H14O/c1-13(21)19-8-4-7-16-11-17-9-14-5-2-3-6-15(14)10-18(17)12-20(16)19/h2-12H,1H3. The van der Waals surface area contributed by atoms with Crippen LogP contribution in [0.15, 0.2) is 66.7 Å². The zero-order chi connectivity index (χ0) is 14.4. The van der Waals surface area contributed by atoms with Crippen molar-refractivity contribution in [2.75, 3.05) is 0 Å². The Morgan fingerprint density at radius 2 is 1.24 bits per heavy atom. The van der Waals surface area contributed by atoms with Crippen LogP contribution in [-0.2, 0) is 0 Å². The molecule has 4 rings (SSSR count). The molecule has 0 aliphatic carbocycles. The molecule has 0 N–H and O–H groups in total. The van der Waals surface area contributed by atoms with Gasteiger partial charge in [-0.3, -0.25) is 4.79 Å². The molecule has 1 heteroatoms. The summed E-state index contributed by atoms with van der Waals surface area (Å²) >= 11 is 0. The fourth-order valence-corrected chi connectivity index (χ4v) is 3.03. The molecule has 0 fully saturated rings. The number of rotatable bonds is 1. The van der Waals surface area contributed by atoms with Crippen molar-refractivity contribution >= 4 is 38.1 Å². The van der Waals surface area contributed by atoms with Crippen LogP contribution < -0.4 is 0 Å². The lowest BCUT2D eigenvalue weighted by Gasteiger charge is -2.07. The van der Waals surface area contributed by atoms with Gasteiger partial charge in [-0.2, -0.15) is 0 Å². The number of benzene rings is 4. The second-order valence-electron chi connectivity index (χ2n) is 5.48. The average molecular weight is 270 g/mol. The molecule has 0 radical (unpaired) electrons. The van der Waals surface area contributed by atoms with E-state index in [0.717, 1.165) is 16.3 Å². The van der Waals surface area contributed by atoms with Crippen molar-refractivity contribution in [1.29, 1.82) is 0 Å². The fourth-order valence-electron chi connectivity index (χ4n) is 3.03. The molecule has 100 valence electrons. The van der Waals surface area contributed by atoms with Crippen LogP contribution in [0.1, 0.15) is 17.3 Å². The number of hydrogen-bond acceptors (Lipinski definition) is 1. The minimum Gasteiger partial charge on any atom is -0.294 e. The van der Waals surface area contributed by atoms with Gasteiger partial charge in [0, 0.05) is 5.56 Å². The molecule has 0 aromatic heterocycles. The van der Waals surface area contributed by atoms with Gasteiger partial charge >= 0.3 is 0 Å². The summed E-state index contributed by atoms with van der Waals surface area (Å²) in [5.74, 6) is 0.112. The third-order valence-corrected chi connectivity index (χ3v) is 4.08. The maximum Gasteiger partial charge on any atom is 0.160 e. The molecule has 21 heavy (non-hydrogen) atoms. The second-order valence-corrected chi connectivity index (χ2v) is 5.48. The first-order chi connectivity index (χ1) is 10.2. The number of carbonyl (C=O) groups is 1. The summed E-state index contributed by atoms with van der Waals surface area (Å²) in [6.45, 7) is 1.62. The van der Waals surface area contributed by atoms with Gasteiger partial charge in [-0.1, -0.05) is 42.5 Å². The van der Waals surface area contributed by atoms with Crippen molar-refractivity contribution in [1.82, 2.24) is 0 Å². The van der Waals surface area contributed by atoms with Crippen molar-refractivity contribution in [3.8, 4) is 0 Å². The van der Waals surface area contributed by atoms with Gasteiger partial charge in [-0.15, -0.1) is 0 Å². The van der Waals surface area contributed by atoms with Crippen LogP contribution in [0.5, 0.6) is 0 Å². The van der Waals surface area contributed by atoms with E-state index >= 15 is 0 Å². The van der Waals surface area contributed by atoms with Crippen molar-refractivity contribution in [3.63, 3.8) is 0 Å². The van der Waals surface area contributed by atoms with Gasteiger partial charge in [0.15, 0.2) is 5.78 Å². The van der Waals surface area contributed by atoms with Crippen molar-refractivity contribution in [3.05, 3.63) is 72.3 Å². The highest BCUT2D eigenvalue weighted by atomic mass is 16.1. The molecule has 0 aliphatic heterocycles. The van der Waals surface area contributed by atoms with Crippen molar-refractivity contribution < 1.29 is 4.79 Å². The fraction of sp³-hybridized carbons (Fsp3) is 0.0500. The zero-order valence-corrected chi connectivity index (χ0v) is 11.8. The average Bonchev–Trinajstić information content (AvgIpc) is 2.50. The Morgan fingerprint density at radius 3 is 1.90 bits per heavy atom. The summed E-state index contributed by atoms with van der Waals surface area (Å²) in [4.78, 5) is 11.8. The number of Topliss-reactive ketones (excluding diaryl/α,β-unsaturated/α-hetero) is 1. The quantitative estimate of drug-likeness (QED) is 0.336. The maximum absolute atomic E-state index is 11.8. The summed E-state index contributed by atoms with van der Waals surface area (Å²) < 4.78 is 0.